The topological polar surface area (TPSA) is 38.8 Å². The van der Waals surface area contributed by atoms with Crippen molar-refractivity contribution in [3.8, 4) is 0 Å². The predicted molar refractivity (Wildman–Crippen MR) is 91.3 cm³/mol. The second-order valence-electron chi connectivity index (χ2n) is 7.70. The number of rotatable bonds is 3. The molecule has 0 radical (unpaired) electrons. The molecule has 134 valence electrons. The Bertz CT molecular complexity index is 582. The van der Waals surface area contributed by atoms with E-state index in [1.54, 1.807) is 18.1 Å². The number of nitrogens with zero attached hydrogens (tertiary/aromatic N) is 1. The Morgan fingerprint density at radius 2 is 2.00 bits per heavy atom. The van der Waals surface area contributed by atoms with Gasteiger partial charge in [0.25, 0.3) is 0 Å². The summed E-state index contributed by atoms with van der Waals surface area (Å²) < 4.78 is 24.9. The first-order chi connectivity index (χ1) is 11.1. The average molecular weight is 337 g/mol. The molecule has 0 spiro atoms. The van der Waals surface area contributed by atoms with E-state index in [1.807, 2.05) is 26.8 Å². The molecule has 1 aliphatic heterocycles. The number of hydrogen-bond donors (Lipinski definition) is 0. The van der Waals surface area contributed by atoms with Crippen LogP contribution in [-0.4, -0.2) is 35.8 Å². The van der Waals surface area contributed by atoms with Crippen LogP contribution in [0.5, 0.6) is 0 Å². The lowest BCUT2D eigenvalue weighted by molar-refractivity contribution is -0.00395. The van der Waals surface area contributed by atoms with E-state index in [2.05, 4.69) is 13.8 Å². The maximum absolute atomic E-state index is 13.7. The van der Waals surface area contributed by atoms with Crippen LogP contribution in [0.4, 0.5) is 9.18 Å². The number of carbonyl (C=O) groups excluding carboxylic acids is 1. The molecule has 0 bridgehead atoms. The molecule has 1 aromatic carbocycles. The Morgan fingerprint density at radius 1 is 1.33 bits per heavy atom. The molecule has 0 aromatic heterocycles. The van der Waals surface area contributed by atoms with Crippen LogP contribution in [0.3, 0.4) is 0 Å². The molecule has 5 heteroatoms. The lowest BCUT2D eigenvalue weighted by Crippen LogP contribution is -2.46. The minimum absolute atomic E-state index is 0.106. The van der Waals surface area contributed by atoms with Crippen molar-refractivity contribution in [2.45, 2.75) is 64.8 Å². The third kappa shape index (κ3) is 4.07. The summed E-state index contributed by atoms with van der Waals surface area (Å²) in [5.74, 6) is -0.111. The van der Waals surface area contributed by atoms with Crippen molar-refractivity contribution < 1.29 is 18.7 Å². The Balaban J connectivity index is 2.41. The molecule has 1 amide bonds. The third-order valence-corrected chi connectivity index (χ3v) is 4.32. The van der Waals surface area contributed by atoms with E-state index in [0.717, 1.165) is 5.56 Å². The first-order valence-corrected chi connectivity index (χ1v) is 8.43. The highest BCUT2D eigenvalue weighted by Gasteiger charge is 2.47. The molecule has 0 unspecified atom stereocenters. The molecule has 24 heavy (non-hydrogen) atoms. The highest BCUT2D eigenvalue weighted by Crippen LogP contribution is 2.41. The van der Waals surface area contributed by atoms with E-state index in [4.69, 9.17) is 9.47 Å². The third-order valence-electron chi connectivity index (χ3n) is 4.32. The van der Waals surface area contributed by atoms with Crippen LogP contribution in [-0.2, 0) is 9.47 Å². The molecule has 0 N–H and O–H groups in total. The van der Waals surface area contributed by atoms with Crippen LogP contribution >= 0.6 is 0 Å². The number of hydrogen-bond acceptors (Lipinski definition) is 3. The smallest absolute Gasteiger partial charge is 0.411 e. The SMILES string of the molecule is CO[C@H]1C[C@@H](c2cccc(F)c2)N(C(=O)OC(C)(C)C)[C@H]1C(C)C. The highest BCUT2D eigenvalue weighted by atomic mass is 19.1. The summed E-state index contributed by atoms with van der Waals surface area (Å²) in [5, 5.41) is 0. The van der Waals surface area contributed by atoms with Crippen LogP contribution < -0.4 is 0 Å². The van der Waals surface area contributed by atoms with Gasteiger partial charge < -0.3 is 9.47 Å². The van der Waals surface area contributed by atoms with Crippen molar-refractivity contribution >= 4 is 6.09 Å². The highest BCUT2D eigenvalue weighted by molar-refractivity contribution is 5.70. The Morgan fingerprint density at radius 3 is 2.50 bits per heavy atom. The van der Waals surface area contributed by atoms with Crippen molar-refractivity contribution in [2.24, 2.45) is 5.92 Å². The monoisotopic (exact) mass is 337 g/mol. The predicted octanol–water partition coefficient (Wildman–Crippen LogP) is 4.55. The Kier molecular flexibility index (Phi) is 5.53. The van der Waals surface area contributed by atoms with Gasteiger partial charge in [0.1, 0.15) is 11.4 Å². The van der Waals surface area contributed by atoms with Crippen molar-refractivity contribution in [3.63, 3.8) is 0 Å². The molecule has 2 rings (SSSR count). The van der Waals surface area contributed by atoms with Gasteiger partial charge in [0.05, 0.1) is 18.2 Å². The summed E-state index contributed by atoms with van der Waals surface area (Å²) >= 11 is 0. The maximum Gasteiger partial charge on any atom is 0.411 e. The van der Waals surface area contributed by atoms with E-state index in [-0.39, 0.29) is 36.0 Å². The zero-order valence-corrected chi connectivity index (χ0v) is 15.4. The molecule has 4 nitrogen and oxygen atoms in total. The van der Waals surface area contributed by atoms with E-state index in [1.165, 1.54) is 12.1 Å². The molecular formula is C19H28FNO3. The molecule has 1 aliphatic rings. The quantitative estimate of drug-likeness (QED) is 0.812. The largest absolute Gasteiger partial charge is 0.444 e. The van der Waals surface area contributed by atoms with Gasteiger partial charge in [0.15, 0.2) is 0 Å². The lowest BCUT2D eigenvalue weighted by atomic mass is 9.99. The molecule has 0 aliphatic carbocycles. The minimum Gasteiger partial charge on any atom is -0.444 e. The number of carbonyl (C=O) groups is 1. The number of amides is 1. The van der Waals surface area contributed by atoms with Gasteiger partial charge in [-0.15, -0.1) is 0 Å². The zero-order chi connectivity index (χ0) is 18.1. The van der Waals surface area contributed by atoms with Gasteiger partial charge >= 0.3 is 6.09 Å². The summed E-state index contributed by atoms with van der Waals surface area (Å²) in [6.07, 6.45) is 0.142. The van der Waals surface area contributed by atoms with Gasteiger partial charge in [-0.25, -0.2) is 9.18 Å². The van der Waals surface area contributed by atoms with Gasteiger partial charge in [-0.05, 0) is 44.4 Å². The number of halogens is 1. The Hall–Kier alpha value is -1.62. The molecule has 1 fully saturated rings. The summed E-state index contributed by atoms with van der Waals surface area (Å²) in [6.45, 7) is 9.65. The van der Waals surface area contributed by atoms with Crippen LogP contribution in [0.1, 0.15) is 52.6 Å². The number of ether oxygens (including phenoxy) is 2. The Labute approximate surface area is 143 Å². The number of likely N-dealkylation sites (tertiary alicyclic amines) is 1. The molecule has 1 saturated heterocycles. The first-order valence-electron chi connectivity index (χ1n) is 8.43. The normalized spacial score (nSPS) is 24.5. The van der Waals surface area contributed by atoms with Crippen LogP contribution in [0.15, 0.2) is 24.3 Å². The zero-order valence-electron chi connectivity index (χ0n) is 15.4. The van der Waals surface area contributed by atoms with E-state index in [9.17, 15) is 9.18 Å². The molecule has 1 aromatic rings. The van der Waals surface area contributed by atoms with Crippen molar-refractivity contribution in [1.29, 1.82) is 0 Å². The van der Waals surface area contributed by atoms with Crippen LogP contribution in [0.2, 0.25) is 0 Å². The van der Waals surface area contributed by atoms with E-state index >= 15 is 0 Å². The molecule has 1 heterocycles. The van der Waals surface area contributed by atoms with Crippen molar-refractivity contribution in [3.05, 3.63) is 35.6 Å². The second-order valence-corrected chi connectivity index (χ2v) is 7.70. The fourth-order valence-electron chi connectivity index (χ4n) is 3.42. The van der Waals surface area contributed by atoms with E-state index < -0.39 is 5.60 Å². The van der Waals surface area contributed by atoms with Crippen LogP contribution in [0, 0.1) is 11.7 Å². The fraction of sp³-hybridized carbons (Fsp3) is 0.632. The maximum atomic E-state index is 13.7. The van der Waals surface area contributed by atoms with Gasteiger partial charge in [0, 0.05) is 13.5 Å². The van der Waals surface area contributed by atoms with Gasteiger partial charge in [-0.2, -0.15) is 0 Å². The van der Waals surface area contributed by atoms with Gasteiger partial charge in [-0.3, -0.25) is 4.90 Å². The lowest BCUT2D eigenvalue weighted by Gasteiger charge is -2.35. The number of benzene rings is 1. The fourth-order valence-corrected chi connectivity index (χ4v) is 3.42. The average Bonchev–Trinajstić information content (AvgIpc) is 2.85. The minimum atomic E-state index is -0.587. The summed E-state index contributed by atoms with van der Waals surface area (Å²) in [6, 6.07) is 6.04. The molecule has 3 atom stereocenters. The van der Waals surface area contributed by atoms with Crippen LogP contribution in [0.25, 0.3) is 0 Å². The number of methoxy groups -OCH3 is 1. The van der Waals surface area contributed by atoms with Crippen molar-refractivity contribution in [1.82, 2.24) is 4.90 Å². The molecule has 0 saturated carbocycles. The van der Waals surface area contributed by atoms with E-state index in [0.29, 0.717) is 6.42 Å². The summed E-state index contributed by atoms with van der Waals surface area (Å²) in [7, 11) is 1.65. The second kappa shape index (κ2) is 7.09. The first kappa shape index (κ1) is 18.7. The summed E-state index contributed by atoms with van der Waals surface area (Å²) in [4.78, 5) is 14.6. The van der Waals surface area contributed by atoms with Gasteiger partial charge in [0.2, 0.25) is 0 Å². The summed E-state index contributed by atoms with van der Waals surface area (Å²) in [5.41, 5.74) is 0.182. The van der Waals surface area contributed by atoms with Crippen molar-refractivity contribution in [2.75, 3.05) is 7.11 Å². The standard InChI is InChI=1S/C19H28FNO3/c1-12(2)17-16(23-6)11-15(13-8-7-9-14(20)10-13)21(17)18(22)24-19(3,4)5/h7-10,12,15-17H,11H2,1-6H3/t15-,16-,17-/m0/s1. The van der Waals surface area contributed by atoms with Gasteiger partial charge in [-0.1, -0.05) is 26.0 Å². The molecular weight excluding hydrogens is 309 g/mol.